The fraction of sp³-hybridized carbons (Fsp3) is 0.300. The third-order valence-electron chi connectivity index (χ3n) is 2.48. The van der Waals surface area contributed by atoms with Crippen LogP contribution < -0.4 is 11.1 Å². The molecule has 7 heteroatoms. The molecule has 0 saturated heterocycles. The number of benzene rings is 1. The molecule has 1 saturated carbocycles. The first-order valence-electron chi connectivity index (χ1n) is 4.67. The van der Waals surface area contributed by atoms with Crippen molar-refractivity contribution >= 4 is 46.6 Å². The van der Waals surface area contributed by atoms with E-state index >= 15 is 0 Å². The summed E-state index contributed by atoms with van der Waals surface area (Å²) in [4.78, 5) is 11.5. The van der Waals surface area contributed by atoms with Crippen molar-refractivity contribution in [2.45, 2.75) is 18.4 Å². The Labute approximate surface area is 117 Å². The normalized spacial score (nSPS) is 16.0. The molecule has 1 aromatic carbocycles. The third kappa shape index (κ3) is 3.05. The first kappa shape index (κ1) is 14.6. The lowest BCUT2D eigenvalue weighted by molar-refractivity contribution is -0.118. The highest BCUT2D eigenvalue weighted by Crippen LogP contribution is 2.33. The fourth-order valence-electron chi connectivity index (χ4n) is 1.24. The average Bonchev–Trinajstić information content (AvgIpc) is 2.94. The van der Waals surface area contributed by atoms with Gasteiger partial charge in [-0.15, -0.1) is 12.4 Å². The monoisotopic (exact) mass is 374 g/mol. The molecule has 2 rings (SSSR count). The molecule has 17 heavy (non-hydrogen) atoms. The van der Waals surface area contributed by atoms with Gasteiger partial charge in [-0.2, -0.15) is 0 Å². The van der Waals surface area contributed by atoms with Gasteiger partial charge in [-0.1, -0.05) is 0 Å². The molecule has 0 bridgehead atoms. The van der Waals surface area contributed by atoms with Crippen molar-refractivity contribution in [1.82, 2.24) is 0 Å². The van der Waals surface area contributed by atoms with E-state index in [1.54, 1.807) is 22.6 Å². The molecule has 1 aliphatic rings. The van der Waals surface area contributed by atoms with Gasteiger partial charge in [-0.25, -0.2) is 8.78 Å². The Bertz CT molecular complexity index is 443. The van der Waals surface area contributed by atoms with Gasteiger partial charge >= 0.3 is 0 Å². The van der Waals surface area contributed by atoms with Crippen molar-refractivity contribution in [2.24, 2.45) is 5.73 Å². The molecule has 0 aliphatic heterocycles. The standard InChI is InChI=1S/C10H9F2IN2O.ClH/c11-6-3-5(4-7(12)8(6)13)15-9(16)10(14)1-2-10;/h3-4H,1-2,14H2,(H,15,16);1H. The van der Waals surface area contributed by atoms with E-state index in [4.69, 9.17) is 5.73 Å². The van der Waals surface area contributed by atoms with E-state index in [1.807, 2.05) is 0 Å². The topological polar surface area (TPSA) is 55.1 Å². The number of amides is 1. The Hall–Kier alpha value is -0.470. The molecule has 1 aliphatic carbocycles. The van der Waals surface area contributed by atoms with Crippen molar-refractivity contribution in [3.63, 3.8) is 0 Å². The molecule has 0 spiro atoms. The minimum absolute atomic E-state index is 0. The lowest BCUT2D eigenvalue weighted by Crippen LogP contribution is -2.37. The number of rotatable bonds is 2. The molecule has 94 valence electrons. The number of hydrogen-bond donors (Lipinski definition) is 2. The molecule has 0 unspecified atom stereocenters. The maximum Gasteiger partial charge on any atom is 0.244 e. The summed E-state index contributed by atoms with van der Waals surface area (Å²) >= 11 is 1.56. The maximum atomic E-state index is 13.2. The SMILES string of the molecule is Cl.NC1(C(=O)Nc2cc(F)c(I)c(F)c2)CC1. The first-order chi connectivity index (χ1) is 7.42. The molecule has 3 N–H and O–H groups in total. The molecule has 0 heterocycles. The molecule has 0 aromatic heterocycles. The van der Waals surface area contributed by atoms with Gasteiger partial charge in [0.15, 0.2) is 0 Å². The number of nitrogens with one attached hydrogen (secondary N) is 1. The van der Waals surface area contributed by atoms with Gasteiger partial charge in [0.2, 0.25) is 5.91 Å². The molecular weight excluding hydrogens is 364 g/mol. The minimum Gasteiger partial charge on any atom is -0.324 e. The second kappa shape index (κ2) is 5.03. The molecule has 1 fully saturated rings. The zero-order valence-electron chi connectivity index (χ0n) is 8.60. The van der Waals surface area contributed by atoms with Crippen LogP contribution in [-0.2, 0) is 4.79 Å². The van der Waals surface area contributed by atoms with Crippen molar-refractivity contribution in [3.8, 4) is 0 Å². The highest BCUT2D eigenvalue weighted by molar-refractivity contribution is 14.1. The molecule has 0 radical (unpaired) electrons. The van der Waals surface area contributed by atoms with E-state index in [1.165, 1.54) is 0 Å². The summed E-state index contributed by atoms with van der Waals surface area (Å²) in [6.45, 7) is 0. The third-order valence-corrected chi connectivity index (χ3v) is 3.51. The highest BCUT2D eigenvalue weighted by atomic mass is 127. The van der Waals surface area contributed by atoms with E-state index < -0.39 is 23.1 Å². The maximum absolute atomic E-state index is 13.2. The van der Waals surface area contributed by atoms with Crippen LogP contribution in [0.2, 0.25) is 0 Å². The number of halogens is 4. The first-order valence-corrected chi connectivity index (χ1v) is 5.75. The van der Waals surface area contributed by atoms with Gasteiger partial charge in [-0.3, -0.25) is 4.79 Å². The molecule has 1 aromatic rings. The van der Waals surface area contributed by atoms with Crippen LogP contribution in [0.5, 0.6) is 0 Å². The van der Waals surface area contributed by atoms with Crippen molar-refractivity contribution < 1.29 is 13.6 Å². The molecular formula is C10H10ClF2IN2O. The Morgan fingerprint density at radius 1 is 1.35 bits per heavy atom. The Balaban J connectivity index is 0.00000144. The van der Waals surface area contributed by atoms with E-state index in [0.717, 1.165) is 12.1 Å². The van der Waals surface area contributed by atoms with Gasteiger partial charge in [0.05, 0.1) is 9.11 Å². The Morgan fingerprint density at radius 3 is 2.24 bits per heavy atom. The van der Waals surface area contributed by atoms with Crippen molar-refractivity contribution in [2.75, 3.05) is 5.32 Å². The van der Waals surface area contributed by atoms with Crippen LogP contribution in [0.4, 0.5) is 14.5 Å². The van der Waals surface area contributed by atoms with Crippen LogP contribution in [0.3, 0.4) is 0 Å². The Morgan fingerprint density at radius 2 is 1.82 bits per heavy atom. The summed E-state index contributed by atoms with van der Waals surface area (Å²) in [7, 11) is 0. The quantitative estimate of drug-likeness (QED) is 0.617. The van der Waals surface area contributed by atoms with Crippen LogP contribution in [0.15, 0.2) is 12.1 Å². The number of nitrogens with two attached hydrogens (primary N) is 1. The molecule has 0 atom stereocenters. The summed E-state index contributed by atoms with van der Waals surface area (Å²) in [5, 5.41) is 2.41. The van der Waals surface area contributed by atoms with Crippen LogP contribution in [-0.4, -0.2) is 11.4 Å². The molecule has 3 nitrogen and oxygen atoms in total. The summed E-state index contributed by atoms with van der Waals surface area (Å²) < 4.78 is 26.3. The van der Waals surface area contributed by atoms with E-state index in [2.05, 4.69) is 5.32 Å². The van der Waals surface area contributed by atoms with Crippen molar-refractivity contribution in [3.05, 3.63) is 27.3 Å². The van der Waals surface area contributed by atoms with Gasteiger partial charge in [0.25, 0.3) is 0 Å². The van der Waals surface area contributed by atoms with Crippen LogP contribution in [0.1, 0.15) is 12.8 Å². The second-order valence-corrected chi connectivity index (χ2v) is 4.94. The predicted octanol–water partition coefficient (Wildman–Crippen LogP) is 2.42. The van der Waals surface area contributed by atoms with E-state index in [-0.39, 0.29) is 21.7 Å². The van der Waals surface area contributed by atoms with Gasteiger partial charge in [0, 0.05) is 5.69 Å². The summed E-state index contributed by atoms with van der Waals surface area (Å²) in [6, 6.07) is 2.16. The van der Waals surface area contributed by atoms with Crippen LogP contribution in [0.25, 0.3) is 0 Å². The number of carbonyl (C=O) groups excluding carboxylic acids is 1. The Kier molecular flexibility index (Phi) is 4.32. The zero-order valence-corrected chi connectivity index (χ0v) is 11.6. The number of hydrogen-bond acceptors (Lipinski definition) is 2. The van der Waals surface area contributed by atoms with Crippen LogP contribution >= 0.6 is 35.0 Å². The van der Waals surface area contributed by atoms with Crippen molar-refractivity contribution in [1.29, 1.82) is 0 Å². The zero-order chi connectivity index (χ0) is 11.9. The lowest BCUT2D eigenvalue weighted by Gasteiger charge is -2.10. The average molecular weight is 375 g/mol. The molecule has 1 amide bonds. The van der Waals surface area contributed by atoms with Crippen LogP contribution in [0, 0.1) is 15.2 Å². The summed E-state index contributed by atoms with van der Waals surface area (Å²) in [5.74, 6) is -1.79. The van der Waals surface area contributed by atoms with Gasteiger partial charge in [-0.05, 0) is 47.6 Å². The second-order valence-electron chi connectivity index (χ2n) is 3.86. The largest absolute Gasteiger partial charge is 0.324 e. The minimum atomic E-state index is -0.851. The summed E-state index contributed by atoms with van der Waals surface area (Å²) in [6.07, 6.45) is 1.21. The van der Waals surface area contributed by atoms with E-state index in [9.17, 15) is 13.6 Å². The smallest absolute Gasteiger partial charge is 0.244 e. The lowest BCUT2D eigenvalue weighted by atomic mass is 10.2. The summed E-state index contributed by atoms with van der Waals surface area (Å²) in [5.41, 5.74) is 4.89. The van der Waals surface area contributed by atoms with E-state index in [0.29, 0.717) is 12.8 Å². The number of carbonyl (C=O) groups is 1. The predicted molar refractivity (Wildman–Crippen MR) is 71.1 cm³/mol. The number of anilines is 1. The fourth-order valence-corrected chi connectivity index (χ4v) is 1.56. The van der Waals surface area contributed by atoms with Gasteiger partial charge < -0.3 is 11.1 Å². The van der Waals surface area contributed by atoms with Gasteiger partial charge in [0.1, 0.15) is 11.6 Å². The highest BCUT2D eigenvalue weighted by Gasteiger charge is 2.45.